The van der Waals surface area contributed by atoms with Gasteiger partial charge in [0, 0.05) is 25.1 Å². The molecule has 0 aliphatic carbocycles. The first-order chi connectivity index (χ1) is 10.7. The maximum Gasteiger partial charge on any atom is 0.118 e. The summed E-state index contributed by atoms with van der Waals surface area (Å²) in [5, 5.41) is 0. The lowest BCUT2D eigenvalue weighted by Crippen LogP contribution is -2.56. The summed E-state index contributed by atoms with van der Waals surface area (Å²) in [4.78, 5) is 2.49. The summed E-state index contributed by atoms with van der Waals surface area (Å²) in [7, 11) is 0. The van der Waals surface area contributed by atoms with E-state index in [1.54, 1.807) is 0 Å². The maximum atomic E-state index is 6.06. The molecule has 0 N–H and O–H groups in total. The molecule has 0 amide bonds. The molecule has 3 rings (SSSR count). The maximum absolute atomic E-state index is 6.06. The lowest BCUT2D eigenvalue weighted by Gasteiger charge is -2.50. The van der Waals surface area contributed by atoms with Gasteiger partial charge in [-0.05, 0) is 38.3 Å². The first-order valence-corrected chi connectivity index (χ1v) is 8.30. The fraction of sp³-hybridized carbons (Fsp3) is 0.667. The lowest BCUT2D eigenvalue weighted by molar-refractivity contribution is -0.152. The second kappa shape index (κ2) is 6.99. The van der Waals surface area contributed by atoms with E-state index < -0.39 is 0 Å². The van der Waals surface area contributed by atoms with Crippen LogP contribution in [0.2, 0.25) is 0 Å². The fourth-order valence-electron chi connectivity index (χ4n) is 3.86. The number of furan rings is 1. The van der Waals surface area contributed by atoms with Crippen molar-refractivity contribution in [3.8, 4) is 0 Å². The molecule has 4 heteroatoms. The van der Waals surface area contributed by atoms with Crippen molar-refractivity contribution >= 4 is 0 Å². The van der Waals surface area contributed by atoms with E-state index in [1.807, 2.05) is 19.1 Å². The molecule has 1 aromatic heterocycles. The first kappa shape index (κ1) is 15.8. The second-order valence-corrected chi connectivity index (χ2v) is 6.64. The highest BCUT2D eigenvalue weighted by Crippen LogP contribution is 2.40. The highest BCUT2D eigenvalue weighted by Gasteiger charge is 2.46. The van der Waals surface area contributed by atoms with Crippen LogP contribution in [0.3, 0.4) is 0 Å². The van der Waals surface area contributed by atoms with Gasteiger partial charge in [-0.3, -0.25) is 4.90 Å². The number of ether oxygens (including phenoxy) is 2. The molecule has 3 heterocycles. The average Bonchev–Trinajstić information content (AvgIpc) is 2.92. The molecule has 0 saturated carbocycles. The number of nitrogens with zero attached hydrogens (tertiary/aromatic N) is 1. The van der Waals surface area contributed by atoms with Crippen LogP contribution in [0, 0.1) is 12.3 Å². The molecule has 1 aromatic rings. The topological polar surface area (TPSA) is 34.8 Å². The summed E-state index contributed by atoms with van der Waals surface area (Å²) in [6.45, 7) is 11.0. The summed E-state index contributed by atoms with van der Waals surface area (Å²) < 4.78 is 17.6. The molecule has 0 bridgehead atoms. The van der Waals surface area contributed by atoms with Crippen LogP contribution in [-0.4, -0.2) is 43.9 Å². The van der Waals surface area contributed by atoms with E-state index in [2.05, 4.69) is 17.5 Å². The average molecular weight is 305 g/mol. The predicted molar refractivity (Wildman–Crippen MR) is 85.8 cm³/mol. The van der Waals surface area contributed by atoms with Crippen LogP contribution >= 0.6 is 0 Å². The van der Waals surface area contributed by atoms with Gasteiger partial charge >= 0.3 is 0 Å². The van der Waals surface area contributed by atoms with Crippen molar-refractivity contribution in [2.75, 3.05) is 32.9 Å². The zero-order valence-electron chi connectivity index (χ0n) is 13.6. The number of hydrogen-bond donors (Lipinski definition) is 0. The monoisotopic (exact) mass is 305 g/mol. The number of hydrogen-bond acceptors (Lipinski definition) is 4. The Balaban J connectivity index is 1.66. The van der Waals surface area contributed by atoms with Crippen LogP contribution < -0.4 is 0 Å². The molecule has 22 heavy (non-hydrogen) atoms. The number of fused-ring (bicyclic) bond motifs is 1. The standard InChI is InChI=1S/C18H27NO3/c1-3-10-20-14-18-8-4-11-21-17(18)7-9-19(13-18)12-16-6-5-15(2)22-16/h3,5-6,17H,1,4,7-14H2,2H3/t17-,18+/m0/s1. The number of piperidine rings is 1. The van der Waals surface area contributed by atoms with Crippen LogP contribution in [-0.2, 0) is 16.0 Å². The third-order valence-corrected chi connectivity index (χ3v) is 4.87. The van der Waals surface area contributed by atoms with Crippen molar-refractivity contribution in [2.45, 2.75) is 38.8 Å². The van der Waals surface area contributed by atoms with Gasteiger partial charge in [0.25, 0.3) is 0 Å². The summed E-state index contributed by atoms with van der Waals surface area (Å²) >= 11 is 0. The van der Waals surface area contributed by atoms with E-state index in [-0.39, 0.29) is 5.41 Å². The van der Waals surface area contributed by atoms with Gasteiger partial charge < -0.3 is 13.9 Å². The van der Waals surface area contributed by atoms with Crippen LogP contribution in [0.4, 0.5) is 0 Å². The first-order valence-electron chi connectivity index (χ1n) is 8.30. The fourth-order valence-corrected chi connectivity index (χ4v) is 3.86. The summed E-state index contributed by atoms with van der Waals surface area (Å²) in [5.41, 5.74) is 0.126. The number of rotatable bonds is 6. The predicted octanol–water partition coefficient (Wildman–Crippen LogP) is 3.16. The molecule has 0 radical (unpaired) electrons. The SMILES string of the molecule is C=CCOC[C@]12CCCO[C@H]1CCN(Cc1ccc(C)o1)C2. The minimum absolute atomic E-state index is 0.126. The third-order valence-electron chi connectivity index (χ3n) is 4.87. The molecular weight excluding hydrogens is 278 g/mol. The van der Waals surface area contributed by atoms with Crippen LogP contribution in [0.5, 0.6) is 0 Å². The van der Waals surface area contributed by atoms with Gasteiger partial charge in [0.05, 0.1) is 25.9 Å². The molecule has 2 fully saturated rings. The van der Waals surface area contributed by atoms with Crippen molar-refractivity contribution in [3.05, 3.63) is 36.3 Å². The zero-order chi connectivity index (χ0) is 15.4. The van der Waals surface area contributed by atoms with E-state index in [9.17, 15) is 0 Å². The lowest BCUT2D eigenvalue weighted by atomic mass is 9.73. The van der Waals surface area contributed by atoms with Crippen LogP contribution in [0.15, 0.2) is 29.2 Å². The van der Waals surface area contributed by atoms with E-state index in [0.29, 0.717) is 12.7 Å². The van der Waals surface area contributed by atoms with Crippen LogP contribution in [0.1, 0.15) is 30.8 Å². The minimum atomic E-state index is 0.126. The molecule has 122 valence electrons. The van der Waals surface area contributed by atoms with Gasteiger partial charge in [0.2, 0.25) is 0 Å². The normalized spacial score (nSPS) is 29.2. The van der Waals surface area contributed by atoms with E-state index >= 15 is 0 Å². The van der Waals surface area contributed by atoms with E-state index in [1.165, 1.54) is 6.42 Å². The Kier molecular flexibility index (Phi) is 5.01. The van der Waals surface area contributed by atoms with Gasteiger partial charge in [0.1, 0.15) is 11.5 Å². The smallest absolute Gasteiger partial charge is 0.118 e. The van der Waals surface area contributed by atoms with Crippen molar-refractivity contribution in [2.24, 2.45) is 5.41 Å². The second-order valence-electron chi connectivity index (χ2n) is 6.64. The van der Waals surface area contributed by atoms with Gasteiger partial charge in [-0.1, -0.05) is 6.08 Å². The molecule has 0 spiro atoms. The molecule has 0 unspecified atom stereocenters. The van der Waals surface area contributed by atoms with Crippen LogP contribution in [0.25, 0.3) is 0 Å². The molecule has 2 aliphatic rings. The molecule has 2 atom stereocenters. The summed E-state index contributed by atoms with van der Waals surface area (Å²) in [6.07, 6.45) is 5.55. The summed E-state index contributed by atoms with van der Waals surface area (Å²) in [6, 6.07) is 4.12. The van der Waals surface area contributed by atoms with Gasteiger partial charge in [0.15, 0.2) is 0 Å². The van der Waals surface area contributed by atoms with E-state index in [4.69, 9.17) is 13.9 Å². The van der Waals surface area contributed by atoms with Gasteiger partial charge in [-0.2, -0.15) is 0 Å². The molecule has 0 aromatic carbocycles. The van der Waals surface area contributed by atoms with Gasteiger partial charge in [-0.25, -0.2) is 0 Å². The Morgan fingerprint density at radius 3 is 3.18 bits per heavy atom. The highest BCUT2D eigenvalue weighted by atomic mass is 16.5. The summed E-state index contributed by atoms with van der Waals surface area (Å²) in [5.74, 6) is 2.03. The molecule has 2 saturated heterocycles. The Hall–Kier alpha value is -1.10. The van der Waals surface area contributed by atoms with Crippen molar-refractivity contribution < 1.29 is 13.9 Å². The Morgan fingerprint density at radius 2 is 2.41 bits per heavy atom. The number of aryl methyl sites for hydroxylation is 1. The highest BCUT2D eigenvalue weighted by molar-refractivity contribution is 5.06. The Bertz CT molecular complexity index is 498. The van der Waals surface area contributed by atoms with Crippen molar-refractivity contribution in [3.63, 3.8) is 0 Å². The van der Waals surface area contributed by atoms with E-state index in [0.717, 1.165) is 57.2 Å². The van der Waals surface area contributed by atoms with Crippen molar-refractivity contribution in [1.82, 2.24) is 4.90 Å². The Morgan fingerprint density at radius 1 is 1.50 bits per heavy atom. The molecular formula is C18H27NO3. The zero-order valence-corrected chi connectivity index (χ0v) is 13.6. The molecule has 4 nitrogen and oxygen atoms in total. The van der Waals surface area contributed by atoms with Gasteiger partial charge in [-0.15, -0.1) is 6.58 Å². The third kappa shape index (κ3) is 3.45. The quantitative estimate of drug-likeness (QED) is 0.597. The number of likely N-dealkylation sites (tertiary alicyclic amines) is 1. The molecule has 2 aliphatic heterocycles. The van der Waals surface area contributed by atoms with Crippen molar-refractivity contribution in [1.29, 1.82) is 0 Å². The largest absolute Gasteiger partial charge is 0.465 e. The minimum Gasteiger partial charge on any atom is -0.465 e. The Labute approximate surface area is 133 Å².